The number of carbonyl (C=O) groups is 2. The molecule has 0 aromatic heterocycles. The van der Waals surface area contributed by atoms with Crippen LogP contribution in [0.25, 0.3) is 0 Å². The predicted octanol–water partition coefficient (Wildman–Crippen LogP) is 4.50. The Kier molecular flexibility index (Phi) is 4.36. The van der Waals surface area contributed by atoms with E-state index in [4.69, 9.17) is 0 Å². The van der Waals surface area contributed by atoms with Gasteiger partial charge in [0.15, 0.2) is 0 Å². The number of rotatable bonds is 5. The fourth-order valence-electron chi connectivity index (χ4n) is 3.60. The molecule has 128 valence electrons. The van der Waals surface area contributed by atoms with Crippen molar-refractivity contribution in [3.8, 4) is 0 Å². The van der Waals surface area contributed by atoms with Gasteiger partial charge < -0.3 is 0 Å². The molecule has 0 saturated carbocycles. The van der Waals surface area contributed by atoms with Crippen LogP contribution in [0.5, 0.6) is 0 Å². The fraction of sp³-hybridized carbons (Fsp3) is 0.130. The lowest BCUT2D eigenvalue weighted by molar-refractivity contribution is 0.0651. The summed E-state index contributed by atoms with van der Waals surface area (Å²) in [7, 11) is 0. The van der Waals surface area contributed by atoms with Crippen LogP contribution in [0.4, 0.5) is 0 Å². The molecule has 3 nitrogen and oxygen atoms in total. The van der Waals surface area contributed by atoms with Crippen LogP contribution in [0, 0.1) is 0 Å². The van der Waals surface area contributed by atoms with Crippen molar-refractivity contribution in [3.05, 3.63) is 107 Å². The molecule has 3 aromatic carbocycles. The third-order valence-electron chi connectivity index (χ3n) is 4.92. The van der Waals surface area contributed by atoms with Crippen molar-refractivity contribution in [1.82, 2.24) is 4.90 Å². The molecular weight excluding hydrogens is 322 g/mol. The molecule has 0 saturated heterocycles. The van der Waals surface area contributed by atoms with Gasteiger partial charge in [-0.15, -0.1) is 0 Å². The average molecular weight is 341 g/mol. The molecular formula is C23H19NO2. The quantitative estimate of drug-likeness (QED) is 0.641. The van der Waals surface area contributed by atoms with E-state index in [0.717, 1.165) is 0 Å². The summed E-state index contributed by atoms with van der Waals surface area (Å²) < 4.78 is 0. The molecule has 1 heterocycles. The normalized spacial score (nSPS) is 13.3. The van der Waals surface area contributed by atoms with Crippen LogP contribution >= 0.6 is 0 Å². The van der Waals surface area contributed by atoms with E-state index in [-0.39, 0.29) is 17.7 Å². The molecule has 0 fully saturated rings. The van der Waals surface area contributed by atoms with Gasteiger partial charge in [-0.05, 0) is 29.7 Å². The van der Waals surface area contributed by atoms with Crippen molar-refractivity contribution >= 4 is 11.8 Å². The van der Waals surface area contributed by atoms with Gasteiger partial charge in [0.25, 0.3) is 11.8 Å². The maximum Gasteiger partial charge on any atom is 0.261 e. The first-order chi connectivity index (χ1) is 12.8. The van der Waals surface area contributed by atoms with Crippen molar-refractivity contribution in [3.63, 3.8) is 0 Å². The molecule has 0 N–H and O–H groups in total. The Balaban J connectivity index is 1.58. The topological polar surface area (TPSA) is 37.4 Å². The first-order valence-electron chi connectivity index (χ1n) is 8.81. The van der Waals surface area contributed by atoms with Crippen LogP contribution in [0.2, 0.25) is 0 Å². The third-order valence-corrected chi connectivity index (χ3v) is 4.92. The van der Waals surface area contributed by atoms with Crippen molar-refractivity contribution in [2.75, 3.05) is 6.54 Å². The molecule has 26 heavy (non-hydrogen) atoms. The maximum absolute atomic E-state index is 12.6. The highest BCUT2D eigenvalue weighted by molar-refractivity contribution is 6.21. The first kappa shape index (κ1) is 16.3. The predicted molar refractivity (Wildman–Crippen MR) is 101 cm³/mol. The summed E-state index contributed by atoms with van der Waals surface area (Å²) in [4.78, 5) is 26.6. The summed E-state index contributed by atoms with van der Waals surface area (Å²) in [5.74, 6) is -0.238. The zero-order chi connectivity index (χ0) is 17.9. The summed E-state index contributed by atoms with van der Waals surface area (Å²) >= 11 is 0. The highest BCUT2D eigenvalue weighted by Gasteiger charge is 2.35. The molecule has 1 aliphatic rings. The highest BCUT2D eigenvalue weighted by atomic mass is 16.2. The van der Waals surface area contributed by atoms with Gasteiger partial charge in [-0.25, -0.2) is 0 Å². The van der Waals surface area contributed by atoms with Crippen molar-refractivity contribution in [2.45, 2.75) is 12.3 Å². The largest absolute Gasteiger partial charge is 0.274 e. The van der Waals surface area contributed by atoms with Crippen LogP contribution in [0.3, 0.4) is 0 Å². The van der Waals surface area contributed by atoms with Gasteiger partial charge in [0, 0.05) is 12.5 Å². The Bertz CT molecular complexity index is 860. The molecule has 0 unspecified atom stereocenters. The van der Waals surface area contributed by atoms with Crippen molar-refractivity contribution in [2.24, 2.45) is 0 Å². The molecule has 0 atom stereocenters. The Morgan fingerprint density at radius 1 is 0.615 bits per heavy atom. The van der Waals surface area contributed by atoms with E-state index in [9.17, 15) is 9.59 Å². The standard InChI is InChI=1S/C23H19NO2/c25-22-20-13-7-8-14-21(20)23(26)24(22)16-15-19(17-9-3-1-4-10-17)18-11-5-2-6-12-18/h1-14,19H,15-16H2. The minimum absolute atomic E-state index is 0.140. The number of imide groups is 1. The van der Waals surface area contributed by atoms with E-state index >= 15 is 0 Å². The van der Waals surface area contributed by atoms with E-state index in [0.29, 0.717) is 24.1 Å². The van der Waals surface area contributed by atoms with Gasteiger partial charge >= 0.3 is 0 Å². The second-order valence-electron chi connectivity index (χ2n) is 6.47. The summed E-state index contributed by atoms with van der Waals surface area (Å²) in [5.41, 5.74) is 3.40. The SMILES string of the molecule is O=C1c2ccccc2C(=O)N1CCC(c1ccccc1)c1ccccc1. The van der Waals surface area contributed by atoms with Gasteiger partial charge in [0.05, 0.1) is 11.1 Å². The van der Waals surface area contributed by atoms with E-state index in [1.807, 2.05) is 36.4 Å². The highest BCUT2D eigenvalue weighted by Crippen LogP contribution is 2.30. The number of hydrogen-bond acceptors (Lipinski definition) is 2. The van der Waals surface area contributed by atoms with E-state index in [2.05, 4.69) is 24.3 Å². The number of amides is 2. The molecule has 1 aliphatic heterocycles. The summed E-state index contributed by atoms with van der Waals surface area (Å²) in [6.07, 6.45) is 0.694. The second-order valence-corrected chi connectivity index (χ2v) is 6.47. The molecule has 3 aromatic rings. The van der Waals surface area contributed by atoms with Crippen LogP contribution in [-0.4, -0.2) is 23.3 Å². The van der Waals surface area contributed by atoms with Crippen LogP contribution in [0.15, 0.2) is 84.9 Å². The summed E-state index contributed by atoms with van der Waals surface area (Å²) in [6.45, 7) is 0.404. The number of carbonyl (C=O) groups excluding carboxylic acids is 2. The van der Waals surface area contributed by atoms with Gasteiger partial charge in [-0.2, -0.15) is 0 Å². The lowest BCUT2D eigenvalue weighted by Crippen LogP contribution is -2.31. The Hall–Kier alpha value is -3.20. The number of hydrogen-bond donors (Lipinski definition) is 0. The minimum atomic E-state index is -0.189. The molecule has 0 radical (unpaired) electrons. The van der Waals surface area contributed by atoms with Crippen LogP contribution in [-0.2, 0) is 0 Å². The van der Waals surface area contributed by atoms with E-state index < -0.39 is 0 Å². The van der Waals surface area contributed by atoms with E-state index in [1.54, 1.807) is 24.3 Å². The Morgan fingerprint density at radius 2 is 1.04 bits per heavy atom. The van der Waals surface area contributed by atoms with Crippen molar-refractivity contribution in [1.29, 1.82) is 0 Å². The zero-order valence-electron chi connectivity index (χ0n) is 14.3. The van der Waals surface area contributed by atoms with Gasteiger partial charge in [-0.1, -0.05) is 72.8 Å². The van der Waals surface area contributed by atoms with Gasteiger partial charge in [-0.3, -0.25) is 14.5 Å². The molecule has 0 spiro atoms. The third kappa shape index (κ3) is 2.92. The Labute approximate surface area is 152 Å². The molecule has 3 heteroatoms. The number of benzene rings is 3. The zero-order valence-corrected chi connectivity index (χ0v) is 14.3. The maximum atomic E-state index is 12.6. The van der Waals surface area contributed by atoms with Gasteiger partial charge in [0.1, 0.15) is 0 Å². The van der Waals surface area contributed by atoms with Crippen LogP contribution < -0.4 is 0 Å². The lowest BCUT2D eigenvalue weighted by atomic mass is 9.88. The molecule has 0 aliphatic carbocycles. The molecule has 0 bridgehead atoms. The average Bonchev–Trinajstić information content (AvgIpc) is 2.95. The molecule has 4 rings (SSSR count). The second kappa shape index (κ2) is 6.96. The smallest absolute Gasteiger partial charge is 0.261 e. The monoisotopic (exact) mass is 341 g/mol. The number of nitrogens with zero attached hydrogens (tertiary/aromatic N) is 1. The van der Waals surface area contributed by atoms with E-state index in [1.165, 1.54) is 16.0 Å². The minimum Gasteiger partial charge on any atom is -0.274 e. The summed E-state index contributed by atoms with van der Waals surface area (Å²) in [5, 5.41) is 0. The fourth-order valence-corrected chi connectivity index (χ4v) is 3.60. The van der Waals surface area contributed by atoms with Gasteiger partial charge in [0.2, 0.25) is 0 Å². The number of fused-ring (bicyclic) bond motifs is 1. The van der Waals surface area contributed by atoms with Crippen molar-refractivity contribution < 1.29 is 9.59 Å². The Morgan fingerprint density at radius 3 is 1.50 bits per heavy atom. The molecule has 2 amide bonds. The lowest BCUT2D eigenvalue weighted by Gasteiger charge is -2.21. The first-order valence-corrected chi connectivity index (χ1v) is 8.81. The van der Waals surface area contributed by atoms with Crippen LogP contribution in [0.1, 0.15) is 44.2 Å². The summed E-state index contributed by atoms with van der Waals surface area (Å²) in [6, 6.07) is 27.5.